The molecule has 2 amide bonds. The molecule has 0 unspecified atom stereocenters. The molecule has 0 fully saturated rings. The van der Waals surface area contributed by atoms with Gasteiger partial charge in [0.25, 0.3) is 0 Å². The number of hydrogen-bond donors (Lipinski definition) is 1. The maximum Gasteiger partial charge on any atom is 0.418 e. The van der Waals surface area contributed by atoms with Crippen molar-refractivity contribution < 1.29 is 27.2 Å². The number of hydrogen-bond acceptors (Lipinski definition) is 2. The van der Waals surface area contributed by atoms with E-state index < -0.39 is 41.6 Å². The van der Waals surface area contributed by atoms with Crippen molar-refractivity contribution in [2.24, 2.45) is 0 Å². The summed E-state index contributed by atoms with van der Waals surface area (Å²) in [4.78, 5) is 24.6. The van der Waals surface area contributed by atoms with Gasteiger partial charge in [0.2, 0.25) is 11.8 Å². The number of nitrogens with one attached hydrogen (secondary N) is 1. The highest BCUT2D eigenvalue weighted by molar-refractivity contribution is 6.30. The Morgan fingerprint density at radius 3 is 2.38 bits per heavy atom. The van der Waals surface area contributed by atoms with Crippen LogP contribution in [0.4, 0.5) is 28.9 Å². The highest BCUT2D eigenvalue weighted by Crippen LogP contribution is 2.38. The molecule has 0 aliphatic rings. The van der Waals surface area contributed by atoms with Crippen molar-refractivity contribution in [2.75, 3.05) is 16.8 Å². The van der Waals surface area contributed by atoms with Crippen LogP contribution in [0.3, 0.4) is 0 Å². The Morgan fingerprint density at radius 2 is 1.81 bits per heavy atom. The van der Waals surface area contributed by atoms with E-state index >= 15 is 0 Å². The van der Waals surface area contributed by atoms with Gasteiger partial charge in [0.15, 0.2) is 0 Å². The molecule has 0 atom stereocenters. The third-order valence-electron chi connectivity index (χ3n) is 3.38. The Kier molecular flexibility index (Phi) is 5.86. The lowest BCUT2D eigenvalue weighted by molar-refractivity contribution is -0.137. The molecule has 0 spiro atoms. The predicted octanol–water partition coefficient (Wildman–Crippen LogP) is 4.49. The number of para-hydroxylation sites is 1. The van der Waals surface area contributed by atoms with Crippen LogP contribution in [-0.4, -0.2) is 18.4 Å². The first kappa shape index (κ1) is 19.7. The molecular formula is C17H13ClF4N2O2. The van der Waals surface area contributed by atoms with Crippen LogP contribution < -0.4 is 10.2 Å². The Labute approximate surface area is 151 Å². The summed E-state index contributed by atoms with van der Waals surface area (Å²) >= 11 is 5.61. The lowest BCUT2D eigenvalue weighted by Crippen LogP contribution is -2.38. The number of carbonyl (C=O) groups excluding carboxylic acids is 2. The first-order valence-electron chi connectivity index (χ1n) is 7.29. The Hall–Kier alpha value is -2.61. The molecule has 0 bridgehead atoms. The molecule has 0 aliphatic heterocycles. The van der Waals surface area contributed by atoms with Gasteiger partial charge in [-0.2, -0.15) is 13.2 Å². The van der Waals surface area contributed by atoms with Crippen molar-refractivity contribution in [1.29, 1.82) is 0 Å². The van der Waals surface area contributed by atoms with Gasteiger partial charge in [-0.25, -0.2) is 4.39 Å². The molecule has 26 heavy (non-hydrogen) atoms. The summed E-state index contributed by atoms with van der Waals surface area (Å²) in [6, 6.07) is 8.13. The largest absolute Gasteiger partial charge is 0.418 e. The summed E-state index contributed by atoms with van der Waals surface area (Å²) in [5.41, 5.74) is -1.81. The molecule has 0 saturated carbocycles. The van der Waals surface area contributed by atoms with E-state index in [4.69, 9.17) is 11.6 Å². The van der Waals surface area contributed by atoms with Crippen LogP contribution in [0.5, 0.6) is 0 Å². The van der Waals surface area contributed by atoms with E-state index in [1.54, 1.807) is 0 Å². The van der Waals surface area contributed by atoms with Crippen LogP contribution in [-0.2, 0) is 15.8 Å². The van der Waals surface area contributed by atoms with Gasteiger partial charge >= 0.3 is 6.18 Å². The molecule has 2 aromatic carbocycles. The quantitative estimate of drug-likeness (QED) is 0.784. The number of rotatable bonds is 4. The fourth-order valence-electron chi connectivity index (χ4n) is 2.23. The van der Waals surface area contributed by atoms with Crippen LogP contribution in [0.2, 0.25) is 5.02 Å². The molecule has 4 nitrogen and oxygen atoms in total. The zero-order valence-corrected chi connectivity index (χ0v) is 14.2. The van der Waals surface area contributed by atoms with Gasteiger partial charge in [-0.1, -0.05) is 23.7 Å². The predicted molar refractivity (Wildman–Crippen MR) is 89.5 cm³/mol. The normalized spacial score (nSPS) is 11.2. The number of nitrogens with zero attached hydrogens (tertiary/aromatic N) is 1. The van der Waals surface area contributed by atoms with E-state index in [2.05, 4.69) is 5.32 Å². The van der Waals surface area contributed by atoms with Crippen molar-refractivity contribution in [3.05, 3.63) is 58.9 Å². The van der Waals surface area contributed by atoms with Crippen molar-refractivity contribution >= 4 is 34.8 Å². The number of carbonyl (C=O) groups is 2. The molecule has 138 valence electrons. The lowest BCUT2D eigenvalue weighted by atomic mass is 10.1. The minimum absolute atomic E-state index is 0.145. The highest BCUT2D eigenvalue weighted by Gasteiger charge is 2.36. The van der Waals surface area contributed by atoms with Gasteiger partial charge in [0.05, 0.1) is 16.9 Å². The third-order valence-corrected chi connectivity index (χ3v) is 3.62. The molecule has 0 aromatic heterocycles. The Balaban J connectivity index is 2.32. The number of anilines is 2. The van der Waals surface area contributed by atoms with Crippen LogP contribution in [0.15, 0.2) is 42.5 Å². The van der Waals surface area contributed by atoms with Crippen molar-refractivity contribution in [3.8, 4) is 0 Å². The van der Waals surface area contributed by atoms with Gasteiger partial charge in [-0.15, -0.1) is 0 Å². The van der Waals surface area contributed by atoms with Crippen molar-refractivity contribution in [3.63, 3.8) is 0 Å². The van der Waals surface area contributed by atoms with Gasteiger partial charge in [0, 0.05) is 11.9 Å². The maximum atomic E-state index is 13.6. The summed E-state index contributed by atoms with van der Waals surface area (Å²) in [5, 5.41) is 2.05. The molecule has 0 aliphatic carbocycles. The molecule has 1 N–H and O–H groups in total. The van der Waals surface area contributed by atoms with Gasteiger partial charge < -0.3 is 10.2 Å². The monoisotopic (exact) mass is 388 g/mol. The smallest absolute Gasteiger partial charge is 0.322 e. The molecule has 0 saturated heterocycles. The molecule has 0 heterocycles. The van der Waals surface area contributed by atoms with Crippen molar-refractivity contribution in [1.82, 2.24) is 0 Å². The second kappa shape index (κ2) is 7.74. The molecular weight excluding hydrogens is 376 g/mol. The fourth-order valence-corrected chi connectivity index (χ4v) is 2.40. The summed E-state index contributed by atoms with van der Waals surface area (Å²) in [7, 11) is 0. The number of amides is 2. The van der Waals surface area contributed by atoms with Gasteiger partial charge in [-0.05, 0) is 30.3 Å². The van der Waals surface area contributed by atoms with Crippen LogP contribution in [0.25, 0.3) is 0 Å². The Morgan fingerprint density at radius 1 is 1.15 bits per heavy atom. The summed E-state index contributed by atoms with van der Waals surface area (Å²) in [5.74, 6) is -2.35. The molecule has 2 aromatic rings. The van der Waals surface area contributed by atoms with Crippen LogP contribution in [0.1, 0.15) is 12.5 Å². The van der Waals surface area contributed by atoms with Crippen LogP contribution >= 0.6 is 11.6 Å². The Bertz CT molecular complexity index is 840. The number of alkyl halides is 3. The van der Waals surface area contributed by atoms with E-state index in [0.717, 1.165) is 19.1 Å². The second-order valence-electron chi connectivity index (χ2n) is 5.29. The number of benzene rings is 2. The first-order chi connectivity index (χ1) is 12.1. The zero-order chi connectivity index (χ0) is 19.5. The molecule has 0 radical (unpaired) electrons. The summed E-state index contributed by atoms with van der Waals surface area (Å²) in [6.45, 7) is 0.291. The fraction of sp³-hybridized carbons (Fsp3) is 0.176. The van der Waals surface area contributed by atoms with E-state index in [-0.39, 0.29) is 10.7 Å². The second-order valence-corrected chi connectivity index (χ2v) is 5.73. The average molecular weight is 389 g/mol. The lowest BCUT2D eigenvalue weighted by Gasteiger charge is -2.24. The van der Waals surface area contributed by atoms with E-state index in [0.29, 0.717) is 11.0 Å². The topological polar surface area (TPSA) is 49.4 Å². The molecule has 9 heteroatoms. The van der Waals surface area contributed by atoms with Crippen LogP contribution in [0, 0.1) is 5.82 Å². The minimum Gasteiger partial charge on any atom is -0.322 e. The standard InChI is InChI=1S/C17H13ClF4N2O2/c1-10(25)24(9-16(26)23-14-5-3-2-4-13(14)19)15-7-6-11(18)8-12(15)17(20,21)22/h2-8H,9H2,1H3,(H,23,26). The number of halogens is 5. The maximum absolute atomic E-state index is 13.6. The average Bonchev–Trinajstić information content (AvgIpc) is 2.54. The first-order valence-corrected chi connectivity index (χ1v) is 7.66. The minimum atomic E-state index is -4.78. The van der Waals surface area contributed by atoms with E-state index in [9.17, 15) is 27.2 Å². The van der Waals surface area contributed by atoms with Crippen molar-refractivity contribution in [2.45, 2.75) is 13.1 Å². The van der Waals surface area contributed by atoms with Gasteiger partial charge in [-0.3, -0.25) is 9.59 Å². The highest BCUT2D eigenvalue weighted by atomic mass is 35.5. The summed E-state index contributed by atoms with van der Waals surface area (Å²) < 4.78 is 53.3. The van der Waals surface area contributed by atoms with E-state index in [1.165, 1.54) is 24.3 Å². The van der Waals surface area contributed by atoms with E-state index in [1.807, 2.05) is 0 Å². The SMILES string of the molecule is CC(=O)N(CC(=O)Nc1ccccc1F)c1ccc(Cl)cc1C(F)(F)F. The third kappa shape index (κ3) is 4.72. The van der Waals surface area contributed by atoms with Gasteiger partial charge in [0.1, 0.15) is 12.4 Å². The zero-order valence-electron chi connectivity index (χ0n) is 13.4. The molecule has 2 rings (SSSR count). The summed E-state index contributed by atoms with van der Waals surface area (Å²) in [6.07, 6.45) is -4.78.